The van der Waals surface area contributed by atoms with Gasteiger partial charge < -0.3 is 4.40 Å². The van der Waals surface area contributed by atoms with Crippen molar-refractivity contribution in [2.24, 2.45) is 0 Å². The zero-order valence-electron chi connectivity index (χ0n) is 25.4. The largest absolute Gasteiger partial charge is 0.307 e. The van der Waals surface area contributed by atoms with E-state index in [4.69, 9.17) is 0 Å². The second kappa shape index (κ2) is 10.5. The quantitative estimate of drug-likeness (QED) is 0.192. The lowest BCUT2D eigenvalue weighted by atomic mass is 9.92. The van der Waals surface area contributed by atoms with Crippen molar-refractivity contribution in [1.29, 1.82) is 0 Å². The molecule has 0 aliphatic carbocycles. The van der Waals surface area contributed by atoms with E-state index < -0.39 is 0 Å². The topological polar surface area (TPSA) is 30.2 Å². The summed E-state index contributed by atoms with van der Waals surface area (Å²) >= 11 is 0. The molecule has 0 amide bonds. The van der Waals surface area contributed by atoms with Gasteiger partial charge >= 0.3 is 0 Å². The van der Waals surface area contributed by atoms with Crippen molar-refractivity contribution in [3.8, 4) is 44.6 Å². The first kappa shape index (κ1) is 26.4. The van der Waals surface area contributed by atoms with Crippen molar-refractivity contribution in [3.63, 3.8) is 0 Å². The Bertz CT molecular complexity index is 2560. The molecule has 9 rings (SSSR count). The van der Waals surface area contributed by atoms with Gasteiger partial charge in [0.1, 0.15) is 0 Å². The molecule has 0 spiro atoms. The van der Waals surface area contributed by atoms with Crippen molar-refractivity contribution in [2.75, 3.05) is 0 Å². The zero-order valence-corrected chi connectivity index (χ0v) is 25.4. The Balaban J connectivity index is 1.53. The van der Waals surface area contributed by atoms with E-state index in [-0.39, 0.29) is 0 Å². The number of nitrogens with zero attached hydrogens (tertiary/aromatic N) is 3. The molecule has 3 nitrogen and oxygen atoms in total. The van der Waals surface area contributed by atoms with Crippen LogP contribution in [0.4, 0.5) is 0 Å². The lowest BCUT2D eigenvalue weighted by molar-refractivity contribution is 1.05. The van der Waals surface area contributed by atoms with Gasteiger partial charge in [-0.05, 0) is 57.8 Å². The average Bonchev–Trinajstić information content (AvgIpc) is 3.49. The molecule has 216 valence electrons. The normalized spacial score (nSPS) is 11.6. The summed E-state index contributed by atoms with van der Waals surface area (Å²) in [5.41, 5.74) is 13.3. The number of aromatic nitrogens is 3. The number of aryl methyl sites for hydroxylation is 1. The number of hydrogen-bond acceptors (Lipinski definition) is 2. The first-order chi connectivity index (χ1) is 22.8. The minimum absolute atomic E-state index is 1.09. The van der Waals surface area contributed by atoms with Gasteiger partial charge in [0.25, 0.3) is 0 Å². The van der Waals surface area contributed by atoms with Gasteiger partial charge in [0, 0.05) is 32.7 Å². The van der Waals surface area contributed by atoms with Crippen molar-refractivity contribution in [1.82, 2.24) is 14.6 Å². The molecule has 0 aliphatic heterocycles. The van der Waals surface area contributed by atoms with Crippen LogP contribution in [0.15, 0.2) is 158 Å². The van der Waals surface area contributed by atoms with Crippen LogP contribution in [0, 0.1) is 6.92 Å². The molecule has 0 fully saturated rings. The van der Waals surface area contributed by atoms with Crippen LogP contribution >= 0.6 is 0 Å². The van der Waals surface area contributed by atoms with Gasteiger partial charge in [0.2, 0.25) is 0 Å². The Morgan fingerprint density at radius 2 is 1.07 bits per heavy atom. The lowest BCUT2D eigenvalue weighted by Gasteiger charge is -2.17. The highest BCUT2D eigenvalue weighted by atomic mass is 15.1. The van der Waals surface area contributed by atoms with Crippen molar-refractivity contribution < 1.29 is 0 Å². The molecule has 0 atom stereocenters. The molecule has 6 aromatic carbocycles. The summed E-state index contributed by atoms with van der Waals surface area (Å²) in [6.45, 7) is 2.23. The van der Waals surface area contributed by atoms with Crippen molar-refractivity contribution in [3.05, 3.63) is 164 Å². The minimum atomic E-state index is 1.09. The summed E-state index contributed by atoms with van der Waals surface area (Å²) < 4.78 is 2.53. The molecule has 3 aromatic heterocycles. The Morgan fingerprint density at radius 1 is 0.457 bits per heavy atom. The van der Waals surface area contributed by atoms with Crippen LogP contribution < -0.4 is 0 Å². The summed E-state index contributed by atoms with van der Waals surface area (Å²) in [7, 11) is 0. The molecule has 0 unspecified atom stereocenters. The fourth-order valence-electron chi connectivity index (χ4n) is 7.28. The number of pyridine rings is 1. The van der Waals surface area contributed by atoms with Gasteiger partial charge in [0.05, 0.1) is 29.1 Å². The Morgan fingerprint density at radius 3 is 1.78 bits per heavy atom. The number of fused-ring (bicyclic) bond motifs is 7. The van der Waals surface area contributed by atoms with E-state index in [1.165, 1.54) is 77.4 Å². The molecule has 0 N–H and O–H groups in total. The highest BCUT2D eigenvalue weighted by Gasteiger charge is 2.26. The van der Waals surface area contributed by atoms with E-state index in [1.54, 1.807) is 0 Å². The Hall–Kier alpha value is -6.06. The first-order valence-electron chi connectivity index (χ1n) is 15.7. The Labute approximate surface area is 267 Å². The molecule has 0 bridgehead atoms. The van der Waals surface area contributed by atoms with Crippen LogP contribution in [0.5, 0.6) is 0 Å². The monoisotopic (exact) mass is 587 g/mol. The van der Waals surface area contributed by atoms with E-state index in [9.17, 15) is 0 Å². The summed E-state index contributed by atoms with van der Waals surface area (Å²) in [5, 5.41) is 14.3. The second-order valence-electron chi connectivity index (χ2n) is 11.9. The van der Waals surface area contributed by atoms with Gasteiger partial charge in [0.15, 0.2) is 0 Å². The lowest BCUT2D eigenvalue weighted by Crippen LogP contribution is -1.97. The molecule has 46 heavy (non-hydrogen) atoms. The second-order valence-corrected chi connectivity index (χ2v) is 11.9. The summed E-state index contributed by atoms with van der Waals surface area (Å²) in [4.78, 5) is 0. The summed E-state index contributed by atoms with van der Waals surface area (Å²) in [6.07, 6.45) is 3.73. The third-order valence-electron chi connectivity index (χ3n) is 9.28. The maximum Gasteiger partial charge on any atom is 0.0626 e. The number of benzene rings is 6. The van der Waals surface area contributed by atoms with E-state index in [1.807, 2.05) is 12.4 Å². The van der Waals surface area contributed by atoms with Crippen LogP contribution in [0.3, 0.4) is 0 Å². The fourth-order valence-corrected chi connectivity index (χ4v) is 7.28. The minimum Gasteiger partial charge on any atom is -0.307 e. The van der Waals surface area contributed by atoms with Crippen molar-refractivity contribution >= 4 is 38.0 Å². The van der Waals surface area contributed by atoms with Crippen LogP contribution in [-0.2, 0) is 0 Å². The molecule has 3 heteroatoms. The SMILES string of the molecule is Cc1cc2c(cc1-c1cccc3cnncc13)c1ccccc1c1c(-c3ccccc3)c(-c3ccccc3)c(-c3ccccc3)n21. The average molecular weight is 588 g/mol. The number of rotatable bonds is 4. The van der Waals surface area contributed by atoms with E-state index in [0.29, 0.717) is 0 Å². The predicted octanol–water partition coefficient (Wildman–Crippen LogP) is 11.2. The smallest absolute Gasteiger partial charge is 0.0626 e. The standard InChI is InChI=1S/C43H29N3/c1-28-24-39-37(25-36(28)34-23-13-20-32-26-44-45-27-38(32)34)33-21-11-12-22-35(33)43-41(30-16-7-3-8-17-30)40(29-14-5-2-6-15-29)42(46(39)43)31-18-9-4-10-19-31/h2-27H,1H3. The molecule has 0 aliphatic rings. The molecule has 3 heterocycles. The highest BCUT2D eigenvalue weighted by molar-refractivity contribution is 6.21. The first-order valence-corrected chi connectivity index (χ1v) is 15.7. The summed E-state index contributed by atoms with van der Waals surface area (Å²) in [6, 6.07) is 52.7. The van der Waals surface area contributed by atoms with E-state index >= 15 is 0 Å². The van der Waals surface area contributed by atoms with E-state index in [0.717, 1.165) is 10.8 Å². The molecular weight excluding hydrogens is 558 g/mol. The van der Waals surface area contributed by atoms with Crippen molar-refractivity contribution in [2.45, 2.75) is 6.92 Å². The van der Waals surface area contributed by atoms with Gasteiger partial charge in [-0.3, -0.25) is 0 Å². The maximum atomic E-state index is 4.24. The third kappa shape index (κ3) is 3.99. The van der Waals surface area contributed by atoms with Crippen LogP contribution in [-0.4, -0.2) is 14.6 Å². The number of hydrogen-bond donors (Lipinski definition) is 0. The zero-order chi connectivity index (χ0) is 30.6. The van der Waals surface area contributed by atoms with Gasteiger partial charge in [-0.25, -0.2) is 0 Å². The fraction of sp³-hybridized carbons (Fsp3) is 0.0233. The molecule has 0 saturated carbocycles. The van der Waals surface area contributed by atoms with Gasteiger partial charge in [-0.1, -0.05) is 133 Å². The summed E-state index contributed by atoms with van der Waals surface area (Å²) in [5.74, 6) is 0. The molecule has 9 aromatic rings. The van der Waals surface area contributed by atoms with Crippen LogP contribution in [0.1, 0.15) is 5.56 Å². The third-order valence-corrected chi connectivity index (χ3v) is 9.28. The predicted molar refractivity (Wildman–Crippen MR) is 192 cm³/mol. The van der Waals surface area contributed by atoms with Gasteiger partial charge in [-0.2, -0.15) is 10.2 Å². The molecule has 0 radical (unpaired) electrons. The molecular formula is C43H29N3. The van der Waals surface area contributed by atoms with Crippen LogP contribution in [0.2, 0.25) is 0 Å². The Kier molecular flexibility index (Phi) is 6.04. The van der Waals surface area contributed by atoms with Gasteiger partial charge in [-0.15, -0.1) is 0 Å². The highest BCUT2D eigenvalue weighted by Crippen LogP contribution is 2.49. The maximum absolute atomic E-state index is 4.24. The van der Waals surface area contributed by atoms with E-state index in [2.05, 4.69) is 167 Å². The molecule has 0 saturated heterocycles. The van der Waals surface area contributed by atoms with Crippen LogP contribution in [0.25, 0.3) is 82.6 Å².